The minimum atomic E-state index is -2.83. The standard InChI is InChI=1S/C15H13BrClF2NO/c1-9(20-14-8-11(16)5-6-13(14)17)10-3-2-4-12(7-10)21-15(18)19/h2-9,15,20H,1H3. The van der Waals surface area contributed by atoms with Crippen LogP contribution in [0, 0.1) is 0 Å². The molecule has 0 aliphatic heterocycles. The molecule has 112 valence electrons. The largest absolute Gasteiger partial charge is 0.435 e. The molecule has 1 atom stereocenters. The predicted octanol–water partition coefficient (Wildman–Crippen LogP) is 5.88. The number of nitrogens with one attached hydrogen (secondary N) is 1. The van der Waals surface area contributed by atoms with Crippen molar-refractivity contribution in [3.05, 3.63) is 57.5 Å². The maximum absolute atomic E-state index is 12.2. The van der Waals surface area contributed by atoms with Gasteiger partial charge in [-0.15, -0.1) is 0 Å². The number of alkyl halides is 2. The van der Waals surface area contributed by atoms with Gasteiger partial charge >= 0.3 is 6.61 Å². The monoisotopic (exact) mass is 375 g/mol. The second-order valence-corrected chi connectivity index (χ2v) is 5.76. The highest BCUT2D eigenvalue weighted by atomic mass is 79.9. The Balaban J connectivity index is 2.16. The van der Waals surface area contributed by atoms with Gasteiger partial charge in [0.25, 0.3) is 0 Å². The third-order valence-corrected chi connectivity index (χ3v) is 3.71. The fourth-order valence-electron chi connectivity index (χ4n) is 1.88. The lowest BCUT2D eigenvalue weighted by Crippen LogP contribution is -2.08. The van der Waals surface area contributed by atoms with E-state index >= 15 is 0 Å². The number of hydrogen-bond donors (Lipinski definition) is 1. The van der Waals surface area contributed by atoms with Crippen molar-refractivity contribution < 1.29 is 13.5 Å². The first-order chi connectivity index (χ1) is 9.95. The summed E-state index contributed by atoms with van der Waals surface area (Å²) in [6.07, 6.45) is 0. The Kier molecular flexibility index (Phi) is 5.42. The van der Waals surface area contributed by atoms with Crippen LogP contribution in [0.3, 0.4) is 0 Å². The third-order valence-electron chi connectivity index (χ3n) is 2.88. The van der Waals surface area contributed by atoms with Gasteiger partial charge in [0.05, 0.1) is 10.7 Å². The van der Waals surface area contributed by atoms with Crippen molar-refractivity contribution in [1.82, 2.24) is 0 Å². The highest BCUT2D eigenvalue weighted by Gasteiger charge is 2.11. The molecule has 6 heteroatoms. The van der Waals surface area contributed by atoms with E-state index in [2.05, 4.69) is 26.0 Å². The fraction of sp³-hybridized carbons (Fsp3) is 0.200. The number of ether oxygens (including phenoxy) is 1. The maximum atomic E-state index is 12.2. The number of halogens is 4. The Morgan fingerprint density at radius 1 is 1.19 bits per heavy atom. The van der Waals surface area contributed by atoms with E-state index in [0.717, 1.165) is 15.7 Å². The molecule has 0 saturated heterocycles. The Bertz CT molecular complexity index is 624. The van der Waals surface area contributed by atoms with Gasteiger partial charge in [0, 0.05) is 10.5 Å². The molecule has 0 aliphatic carbocycles. The molecule has 1 unspecified atom stereocenters. The first kappa shape index (κ1) is 16.0. The lowest BCUT2D eigenvalue weighted by Gasteiger charge is -2.18. The van der Waals surface area contributed by atoms with Gasteiger partial charge in [-0.2, -0.15) is 8.78 Å². The second kappa shape index (κ2) is 7.09. The van der Waals surface area contributed by atoms with E-state index in [4.69, 9.17) is 11.6 Å². The van der Waals surface area contributed by atoms with Gasteiger partial charge in [-0.05, 0) is 42.8 Å². The van der Waals surface area contributed by atoms with E-state index in [-0.39, 0.29) is 11.8 Å². The van der Waals surface area contributed by atoms with Crippen LogP contribution in [-0.4, -0.2) is 6.61 Å². The predicted molar refractivity (Wildman–Crippen MR) is 84.3 cm³/mol. The Morgan fingerprint density at radius 2 is 1.95 bits per heavy atom. The second-order valence-electron chi connectivity index (χ2n) is 4.44. The minimum absolute atomic E-state index is 0.113. The molecule has 0 amide bonds. The Morgan fingerprint density at radius 3 is 2.67 bits per heavy atom. The first-order valence-electron chi connectivity index (χ1n) is 6.22. The van der Waals surface area contributed by atoms with E-state index < -0.39 is 6.61 Å². The van der Waals surface area contributed by atoms with E-state index in [1.807, 2.05) is 25.1 Å². The van der Waals surface area contributed by atoms with Crippen molar-refractivity contribution in [3.63, 3.8) is 0 Å². The molecule has 1 N–H and O–H groups in total. The zero-order valence-electron chi connectivity index (χ0n) is 11.1. The molecule has 0 fully saturated rings. The average molecular weight is 377 g/mol. The molecule has 21 heavy (non-hydrogen) atoms. The zero-order chi connectivity index (χ0) is 15.4. The minimum Gasteiger partial charge on any atom is -0.435 e. The van der Waals surface area contributed by atoms with Crippen LogP contribution in [0.4, 0.5) is 14.5 Å². The van der Waals surface area contributed by atoms with Gasteiger partial charge in [-0.3, -0.25) is 0 Å². The SMILES string of the molecule is CC(Nc1cc(Br)ccc1Cl)c1cccc(OC(F)F)c1. The summed E-state index contributed by atoms with van der Waals surface area (Å²) in [5.74, 6) is 0.136. The van der Waals surface area contributed by atoms with Crippen molar-refractivity contribution in [2.45, 2.75) is 19.6 Å². The Hall–Kier alpha value is -1.33. The molecule has 0 aromatic heterocycles. The molecule has 0 radical (unpaired) electrons. The normalized spacial score (nSPS) is 12.3. The van der Waals surface area contributed by atoms with Crippen LogP contribution in [0.15, 0.2) is 46.9 Å². The molecule has 0 saturated carbocycles. The van der Waals surface area contributed by atoms with Gasteiger partial charge < -0.3 is 10.1 Å². The summed E-state index contributed by atoms with van der Waals surface area (Å²) in [5.41, 5.74) is 1.59. The average Bonchev–Trinajstić information content (AvgIpc) is 2.42. The van der Waals surface area contributed by atoms with Gasteiger partial charge in [0.15, 0.2) is 0 Å². The third kappa shape index (κ3) is 4.58. The van der Waals surface area contributed by atoms with Gasteiger partial charge in [-0.1, -0.05) is 39.7 Å². The molecule has 0 bridgehead atoms. The lowest BCUT2D eigenvalue weighted by molar-refractivity contribution is -0.0498. The first-order valence-corrected chi connectivity index (χ1v) is 7.39. The van der Waals surface area contributed by atoms with E-state index in [9.17, 15) is 8.78 Å². The lowest BCUT2D eigenvalue weighted by atomic mass is 10.1. The van der Waals surface area contributed by atoms with E-state index in [0.29, 0.717) is 5.02 Å². The molecular weight excluding hydrogens is 364 g/mol. The molecular formula is C15H13BrClF2NO. The number of benzene rings is 2. The smallest absolute Gasteiger partial charge is 0.387 e. The highest BCUT2D eigenvalue weighted by Crippen LogP contribution is 2.30. The molecule has 2 rings (SSSR count). The topological polar surface area (TPSA) is 21.3 Å². The van der Waals surface area contributed by atoms with Crippen LogP contribution < -0.4 is 10.1 Å². The number of rotatable bonds is 5. The molecule has 2 nitrogen and oxygen atoms in total. The zero-order valence-corrected chi connectivity index (χ0v) is 13.5. The van der Waals surface area contributed by atoms with Crippen molar-refractivity contribution in [2.75, 3.05) is 5.32 Å². The van der Waals surface area contributed by atoms with E-state index in [1.54, 1.807) is 18.2 Å². The molecule has 2 aromatic carbocycles. The van der Waals surface area contributed by atoms with Crippen LogP contribution in [0.2, 0.25) is 5.02 Å². The molecule has 2 aromatic rings. The molecule has 0 heterocycles. The summed E-state index contributed by atoms with van der Waals surface area (Å²) in [7, 11) is 0. The van der Waals surface area contributed by atoms with Crippen molar-refractivity contribution in [1.29, 1.82) is 0 Å². The number of anilines is 1. The molecule has 0 aliphatic rings. The van der Waals surface area contributed by atoms with E-state index in [1.165, 1.54) is 6.07 Å². The van der Waals surface area contributed by atoms with Crippen LogP contribution in [0.1, 0.15) is 18.5 Å². The van der Waals surface area contributed by atoms with Crippen LogP contribution >= 0.6 is 27.5 Å². The summed E-state index contributed by atoms with van der Waals surface area (Å²) < 4.78 is 29.8. The summed E-state index contributed by atoms with van der Waals surface area (Å²) in [6, 6.07) is 11.9. The van der Waals surface area contributed by atoms with Crippen molar-refractivity contribution in [2.24, 2.45) is 0 Å². The molecule has 0 spiro atoms. The maximum Gasteiger partial charge on any atom is 0.387 e. The Labute approximate surface area is 135 Å². The quantitative estimate of drug-likeness (QED) is 0.704. The summed E-state index contributed by atoms with van der Waals surface area (Å²) in [5, 5.41) is 3.83. The summed E-state index contributed by atoms with van der Waals surface area (Å²) >= 11 is 9.50. The summed E-state index contributed by atoms with van der Waals surface area (Å²) in [4.78, 5) is 0. The van der Waals surface area contributed by atoms with Gasteiger partial charge in [-0.25, -0.2) is 0 Å². The highest BCUT2D eigenvalue weighted by molar-refractivity contribution is 9.10. The number of hydrogen-bond acceptors (Lipinski definition) is 2. The van der Waals surface area contributed by atoms with Crippen molar-refractivity contribution in [3.8, 4) is 5.75 Å². The van der Waals surface area contributed by atoms with Crippen LogP contribution in [-0.2, 0) is 0 Å². The van der Waals surface area contributed by atoms with Crippen molar-refractivity contribution >= 4 is 33.2 Å². The van der Waals surface area contributed by atoms with Crippen LogP contribution in [0.5, 0.6) is 5.75 Å². The van der Waals surface area contributed by atoms with Gasteiger partial charge in [0.1, 0.15) is 5.75 Å². The fourth-order valence-corrected chi connectivity index (χ4v) is 2.42. The van der Waals surface area contributed by atoms with Crippen LogP contribution in [0.25, 0.3) is 0 Å². The summed E-state index contributed by atoms with van der Waals surface area (Å²) in [6.45, 7) is -0.915. The van der Waals surface area contributed by atoms with Gasteiger partial charge in [0.2, 0.25) is 0 Å².